The van der Waals surface area contributed by atoms with Crippen LogP contribution in [-0.4, -0.2) is 16.0 Å². The monoisotopic (exact) mass is 237 g/mol. The Kier molecular flexibility index (Phi) is 4.63. The number of rotatable bonds is 6. The van der Waals surface area contributed by atoms with Crippen LogP contribution in [0, 0.1) is 16.0 Å². The van der Waals surface area contributed by atoms with Crippen LogP contribution < -0.4 is 0 Å². The molecule has 0 fully saturated rings. The van der Waals surface area contributed by atoms with Crippen molar-refractivity contribution in [2.24, 2.45) is 5.92 Å². The first-order valence-electron chi connectivity index (χ1n) is 5.47. The van der Waals surface area contributed by atoms with Gasteiger partial charge in [0.15, 0.2) is 0 Å². The molecule has 0 aliphatic rings. The van der Waals surface area contributed by atoms with Crippen LogP contribution in [0.25, 0.3) is 0 Å². The first kappa shape index (κ1) is 13.2. The number of aliphatic carboxylic acids is 1. The van der Waals surface area contributed by atoms with E-state index < -0.39 is 10.9 Å². The minimum absolute atomic E-state index is 0.0765. The predicted molar refractivity (Wildman–Crippen MR) is 62.8 cm³/mol. The van der Waals surface area contributed by atoms with Crippen LogP contribution in [0.5, 0.6) is 0 Å². The number of carbonyl (C=O) groups is 1. The summed E-state index contributed by atoms with van der Waals surface area (Å²) in [7, 11) is 0. The third-order valence-electron chi connectivity index (χ3n) is 2.67. The minimum atomic E-state index is -0.784. The quantitative estimate of drug-likeness (QED) is 0.609. The number of non-ortho nitro benzene ring substituents is 1. The van der Waals surface area contributed by atoms with E-state index in [-0.39, 0.29) is 11.6 Å². The number of carboxylic acid groups (broad SMARTS) is 1. The first-order valence-corrected chi connectivity index (χ1v) is 5.47. The number of nitro groups is 1. The molecule has 1 unspecified atom stereocenters. The molecule has 0 aliphatic carbocycles. The van der Waals surface area contributed by atoms with Gasteiger partial charge in [-0.3, -0.25) is 14.9 Å². The number of benzene rings is 1. The van der Waals surface area contributed by atoms with Gasteiger partial charge in [-0.15, -0.1) is 0 Å². The number of aryl methyl sites for hydroxylation is 1. The SMILES string of the molecule is CC(CCCc1ccc([N+](=O)[O-])cc1)C(=O)O. The van der Waals surface area contributed by atoms with Gasteiger partial charge in [0.1, 0.15) is 0 Å². The summed E-state index contributed by atoms with van der Waals surface area (Å²) in [5.41, 5.74) is 1.07. The molecule has 0 amide bonds. The maximum absolute atomic E-state index is 10.6. The molecular formula is C12H15NO4. The number of hydrogen-bond donors (Lipinski definition) is 1. The summed E-state index contributed by atoms with van der Waals surface area (Å²) in [5, 5.41) is 19.1. The molecular weight excluding hydrogens is 222 g/mol. The van der Waals surface area contributed by atoms with Crippen LogP contribution in [-0.2, 0) is 11.2 Å². The van der Waals surface area contributed by atoms with Crippen LogP contribution >= 0.6 is 0 Å². The molecule has 1 aromatic carbocycles. The Morgan fingerprint density at radius 1 is 1.41 bits per heavy atom. The van der Waals surface area contributed by atoms with Gasteiger partial charge in [0.2, 0.25) is 0 Å². The van der Waals surface area contributed by atoms with E-state index in [0.717, 1.165) is 18.4 Å². The average Bonchev–Trinajstić information content (AvgIpc) is 2.29. The summed E-state index contributed by atoms with van der Waals surface area (Å²) < 4.78 is 0. The first-order chi connectivity index (χ1) is 8.00. The van der Waals surface area contributed by atoms with E-state index in [1.54, 1.807) is 19.1 Å². The van der Waals surface area contributed by atoms with Crippen LogP contribution in [0.2, 0.25) is 0 Å². The number of hydrogen-bond acceptors (Lipinski definition) is 3. The van der Waals surface area contributed by atoms with Gasteiger partial charge in [0.25, 0.3) is 5.69 Å². The van der Waals surface area contributed by atoms with E-state index in [2.05, 4.69) is 0 Å². The van der Waals surface area contributed by atoms with Gasteiger partial charge in [-0.2, -0.15) is 0 Å². The molecule has 0 bridgehead atoms. The molecule has 0 spiro atoms. The zero-order valence-corrected chi connectivity index (χ0v) is 9.63. The maximum Gasteiger partial charge on any atom is 0.306 e. The Labute approximate surface area is 99.2 Å². The Morgan fingerprint density at radius 2 is 2.00 bits per heavy atom. The van der Waals surface area contributed by atoms with E-state index in [1.165, 1.54) is 12.1 Å². The lowest BCUT2D eigenvalue weighted by molar-refractivity contribution is -0.384. The molecule has 5 nitrogen and oxygen atoms in total. The molecule has 5 heteroatoms. The third kappa shape index (κ3) is 4.22. The molecule has 1 atom stereocenters. The second kappa shape index (κ2) is 5.98. The van der Waals surface area contributed by atoms with Gasteiger partial charge < -0.3 is 5.11 Å². The van der Waals surface area contributed by atoms with Gasteiger partial charge in [0, 0.05) is 12.1 Å². The smallest absolute Gasteiger partial charge is 0.306 e. The highest BCUT2D eigenvalue weighted by atomic mass is 16.6. The van der Waals surface area contributed by atoms with Crippen LogP contribution in [0.15, 0.2) is 24.3 Å². The highest BCUT2D eigenvalue weighted by molar-refractivity contribution is 5.69. The zero-order chi connectivity index (χ0) is 12.8. The summed E-state index contributed by atoms with van der Waals surface area (Å²) in [6.07, 6.45) is 2.13. The van der Waals surface area contributed by atoms with Crippen molar-refractivity contribution in [3.8, 4) is 0 Å². The third-order valence-corrected chi connectivity index (χ3v) is 2.67. The molecule has 0 aromatic heterocycles. The minimum Gasteiger partial charge on any atom is -0.481 e. The van der Waals surface area contributed by atoms with E-state index >= 15 is 0 Å². The molecule has 0 aliphatic heterocycles. The fourth-order valence-corrected chi connectivity index (χ4v) is 1.52. The van der Waals surface area contributed by atoms with E-state index in [0.29, 0.717) is 6.42 Å². The summed E-state index contributed by atoms with van der Waals surface area (Å²) in [4.78, 5) is 20.6. The molecule has 92 valence electrons. The molecule has 0 radical (unpaired) electrons. The summed E-state index contributed by atoms with van der Waals surface area (Å²) >= 11 is 0. The van der Waals surface area contributed by atoms with Gasteiger partial charge in [-0.1, -0.05) is 19.1 Å². The van der Waals surface area contributed by atoms with Crippen LogP contribution in [0.1, 0.15) is 25.3 Å². The fraction of sp³-hybridized carbons (Fsp3) is 0.417. The Bertz CT molecular complexity index is 399. The normalized spacial score (nSPS) is 12.1. The van der Waals surface area contributed by atoms with Gasteiger partial charge >= 0.3 is 5.97 Å². The second-order valence-electron chi connectivity index (χ2n) is 4.06. The van der Waals surface area contributed by atoms with Crippen molar-refractivity contribution in [3.63, 3.8) is 0 Å². The topological polar surface area (TPSA) is 80.4 Å². The van der Waals surface area contributed by atoms with Gasteiger partial charge in [-0.25, -0.2) is 0 Å². The zero-order valence-electron chi connectivity index (χ0n) is 9.63. The van der Waals surface area contributed by atoms with Crippen LogP contribution in [0.4, 0.5) is 5.69 Å². The molecule has 17 heavy (non-hydrogen) atoms. The molecule has 0 saturated heterocycles. The fourth-order valence-electron chi connectivity index (χ4n) is 1.52. The molecule has 1 N–H and O–H groups in total. The van der Waals surface area contributed by atoms with Crippen molar-refractivity contribution < 1.29 is 14.8 Å². The molecule has 1 rings (SSSR count). The van der Waals surface area contributed by atoms with Crippen molar-refractivity contribution in [3.05, 3.63) is 39.9 Å². The Morgan fingerprint density at radius 3 is 2.47 bits per heavy atom. The van der Waals surface area contributed by atoms with E-state index in [9.17, 15) is 14.9 Å². The average molecular weight is 237 g/mol. The van der Waals surface area contributed by atoms with E-state index in [4.69, 9.17) is 5.11 Å². The molecule has 0 heterocycles. The summed E-state index contributed by atoms with van der Waals surface area (Å²) in [6, 6.07) is 6.36. The summed E-state index contributed by atoms with van der Waals surface area (Å²) in [5.74, 6) is -1.12. The van der Waals surface area contributed by atoms with Crippen molar-refractivity contribution in [2.45, 2.75) is 26.2 Å². The summed E-state index contributed by atoms with van der Waals surface area (Å²) in [6.45, 7) is 1.68. The van der Waals surface area contributed by atoms with Gasteiger partial charge in [-0.05, 0) is 24.8 Å². The van der Waals surface area contributed by atoms with Crippen LogP contribution in [0.3, 0.4) is 0 Å². The molecule has 0 saturated carbocycles. The Balaban J connectivity index is 2.42. The second-order valence-corrected chi connectivity index (χ2v) is 4.06. The standard InChI is InChI=1S/C12H15NO4/c1-9(12(14)15)3-2-4-10-5-7-11(8-6-10)13(16)17/h5-9H,2-4H2,1H3,(H,14,15). The Hall–Kier alpha value is -1.91. The van der Waals surface area contributed by atoms with Gasteiger partial charge in [0.05, 0.1) is 10.8 Å². The van der Waals surface area contributed by atoms with Crippen molar-refractivity contribution in [1.82, 2.24) is 0 Å². The van der Waals surface area contributed by atoms with E-state index in [1.807, 2.05) is 0 Å². The lowest BCUT2D eigenvalue weighted by Crippen LogP contribution is -2.09. The number of carboxylic acids is 1. The van der Waals surface area contributed by atoms with Crippen molar-refractivity contribution >= 4 is 11.7 Å². The predicted octanol–water partition coefficient (Wildman–Crippen LogP) is 2.64. The largest absolute Gasteiger partial charge is 0.481 e. The molecule has 1 aromatic rings. The lowest BCUT2D eigenvalue weighted by Gasteiger charge is -2.05. The lowest BCUT2D eigenvalue weighted by atomic mass is 10.0. The van der Waals surface area contributed by atoms with Crippen molar-refractivity contribution in [2.75, 3.05) is 0 Å². The number of nitro benzene ring substituents is 1. The maximum atomic E-state index is 10.6. The highest BCUT2D eigenvalue weighted by Crippen LogP contribution is 2.15. The number of nitrogens with zero attached hydrogens (tertiary/aromatic N) is 1. The van der Waals surface area contributed by atoms with Crippen molar-refractivity contribution in [1.29, 1.82) is 0 Å². The highest BCUT2D eigenvalue weighted by Gasteiger charge is 2.10.